The number of carbonyl (C=O) groups excluding carboxylic acids is 1. The molecule has 2 heterocycles. The first-order valence-electron chi connectivity index (χ1n) is 8.94. The molecule has 0 spiro atoms. The van der Waals surface area contributed by atoms with Crippen LogP contribution >= 0.6 is 11.8 Å². The van der Waals surface area contributed by atoms with Gasteiger partial charge >= 0.3 is 0 Å². The van der Waals surface area contributed by atoms with Gasteiger partial charge in [-0.3, -0.25) is 9.69 Å². The SMILES string of the molecule is CS[C@@H]1CN(C(=O)COC2CCCCC2)C[C@H]1N1CCCC1. The molecule has 0 unspecified atom stereocenters. The maximum Gasteiger partial charge on any atom is 0.248 e. The first-order chi connectivity index (χ1) is 10.8. The molecular formula is C17H30N2O2S. The molecule has 2 atom stereocenters. The number of carbonyl (C=O) groups is 1. The van der Waals surface area contributed by atoms with Gasteiger partial charge in [-0.1, -0.05) is 19.3 Å². The highest BCUT2D eigenvalue weighted by molar-refractivity contribution is 7.99. The smallest absolute Gasteiger partial charge is 0.248 e. The van der Waals surface area contributed by atoms with E-state index in [1.165, 1.54) is 45.2 Å². The second-order valence-electron chi connectivity index (χ2n) is 6.95. The van der Waals surface area contributed by atoms with E-state index in [0.29, 0.717) is 24.0 Å². The van der Waals surface area contributed by atoms with Crippen LogP contribution < -0.4 is 0 Å². The predicted molar refractivity (Wildman–Crippen MR) is 91.3 cm³/mol. The topological polar surface area (TPSA) is 32.8 Å². The van der Waals surface area contributed by atoms with Gasteiger partial charge in [-0.25, -0.2) is 0 Å². The first kappa shape index (κ1) is 16.6. The summed E-state index contributed by atoms with van der Waals surface area (Å²) in [6, 6.07) is 0.552. The lowest BCUT2D eigenvalue weighted by Crippen LogP contribution is -2.41. The lowest BCUT2D eigenvalue weighted by atomic mass is 9.98. The minimum atomic E-state index is 0.200. The van der Waals surface area contributed by atoms with E-state index in [9.17, 15) is 4.79 Å². The molecule has 5 heteroatoms. The number of likely N-dealkylation sites (tertiary alicyclic amines) is 2. The van der Waals surface area contributed by atoms with Gasteiger partial charge in [0.1, 0.15) is 6.61 Å². The summed E-state index contributed by atoms with van der Waals surface area (Å²) in [6.07, 6.45) is 11.3. The summed E-state index contributed by atoms with van der Waals surface area (Å²) in [5.41, 5.74) is 0. The molecule has 0 radical (unpaired) electrons. The third-order valence-corrected chi connectivity index (χ3v) is 6.57. The summed E-state index contributed by atoms with van der Waals surface area (Å²) in [5.74, 6) is 0.200. The fourth-order valence-electron chi connectivity index (χ4n) is 4.13. The van der Waals surface area contributed by atoms with Crippen LogP contribution in [0, 0.1) is 0 Å². The van der Waals surface area contributed by atoms with Crippen LogP contribution in [0.1, 0.15) is 44.9 Å². The number of hydrogen-bond donors (Lipinski definition) is 0. The summed E-state index contributed by atoms with van der Waals surface area (Å²) in [4.78, 5) is 17.1. The molecule has 0 aromatic rings. The highest BCUT2D eigenvalue weighted by atomic mass is 32.2. The van der Waals surface area contributed by atoms with Gasteiger partial charge in [-0.15, -0.1) is 0 Å². The lowest BCUT2D eigenvalue weighted by Gasteiger charge is -2.27. The van der Waals surface area contributed by atoms with Gasteiger partial charge in [0.05, 0.1) is 6.10 Å². The van der Waals surface area contributed by atoms with Crippen molar-refractivity contribution in [2.45, 2.75) is 62.3 Å². The van der Waals surface area contributed by atoms with Crippen molar-refractivity contribution in [3.05, 3.63) is 0 Å². The van der Waals surface area contributed by atoms with Crippen LogP contribution in [0.3, 0.4) is 0 Å². The van der Waals surface area contributed by atoms with Gasteiger partial charge in [-0.2, -0.15) is 11.8 Å². The Morgan fingerprint density at radius 3 is 2.50 bits per heavy atom. The molecule has 2 aliphatic heterocycles. The van der Waals surface area contributed by atoms with E-state index in [2.05, 4.69) is 11.2 Å². The molecule has 0 N–H and O–H groups in total. The Morgan fingerprint density at radius 1 is 1.09 bits per heavy atom. The molecule has 3 fully saturated rings. The van der Waals surface area contributed by atoms with Gasteiger partial charge in [-0.05, 0) is 45.0 Å². The molecular weight excluding hydrogens is 296 g/mol. The minimum Gasteiger partial charge on any atom is -0.368 e. The van der Waals surface area contributed by atoms with E-state index in [0.717, 1.165) is 25.9 Å². The number of rotatable bonds is 5. The van der Waals surface area contributed by atoms with E-state index in [4.69, 9.17) is 4.74 Å². The Bertz CT molecular complexity index is 368. The summed E-state index contributed by atoms with van der Waals surface area (Å²) < 4.78 is 5.88. The summed E-state index contributed by atoms with van der Waals surface area (Å²) in [5, 5.41) is 0.566. The zero-order valence-corrected chi connectivity index (χ0v) is 14.7. The minimum absolute atomic E-state index is 0.200. The lowest BCUT2D eigenvalue weighted by molar-refractivity contribution is -0.137. The molecule has 126 valence electrons. The van der Waals surface area contributed by atoms with Crippen molar-refractivity contribution >= 4 is 17.7 Å². The molecule has 2 saturated heterocycles. The van der Waals surface area contributed by atoms with Crippen molar-refractivity contribution in [3.8, 4) is 0 Å². The molecule has 0 aromatic carbocycles. The standard InChI is InChI=1S/C17H30N2O2S/c1-22-16-12-19(11-15(16)18-9-5-6-10-18)17(20)13-21-14-7-3-2-4-8-14/h14-16H,2-13H2,1H3/t15-,16-/m1/s1. The number of amides is 1. The van der Waals surface area contributed by atoms with Crippen molar-refractivity contribution in [1.82, 2.24) is 9.80 Å². The fourth-order valence-corrected chi connectivity index (χ4v) is 5.03. The summed E-state index contributed by atoms with van der Waals surface area (Å²) in [6.45, 7) is 4.51. The predicted octanol–water partition coefficient (Wildman–Crippen LogP) is 2.37. The molecule has 22 heavy (non-hydrogen) atoms. The van der Waals surface area contributed by atoms with Crippen LogP contribution in [0.5, 0.6) is 0 Å². The molecule has 4 nitrogen and oxygen atoms in total. The van der Waals surface area contributed by atoms with E-state index < -0.39 is 0 Å². The van der Waals surface area contributed by atoms with Gasteiger partial charge < -0.3 is 9.64 Å². The van der Waals surface area contributed by atoms with Crippen molar-refractivity contribution in [2.24, 2.45) is 0 Å². The Hall–Kier alpha value is -0.260. The molecule has 1 aliphatic carbocycles. The average molecular weight is 327 g/mol. The first-order valence-corrected chi connectivity index (χ1v) is 10.2. The monoisotopic (exact) mass is 326 g/mol. The third kappa shape index (κ3) is 3.98. The van der Waals surface area contributed by atoms with Crippen LogP contribution in [0.15, 0.2) is 0 Å². The highest BCUT2D eigenvalue weighted by Gasteiger charge is 2.39. The zero-order valence-electron chi connectivity index (χ0n) is 13.8. The molecule has 0 aromatic heterocycles. The van der Waals surface area contributed by atoms with Crippen LogP contribution in [0.2, 0.25) is 0 Å². The van der Waals surface area contributed by atoms with Crippen LogP contribution in [-0.2, 0) is 9.53 Å². The molecule has 3 rings (SSSR count). The summed E-state index contributed by atoms with van der Waals surface area (Å²) in [7, 11) is 0. The normalized spacial score (nSPS) is 31.0. The molecule has 1 amide bonds. The number of hydrogen-bond acceptors (Lipinski definition) is 4. The average Bonchev–Trinajstić information content (AvgIpc) is 3.22. The third-order valence-electron chi connectivity index (χ3n) is 5.50. The number of thioether (sulfide) groups is 1. The highest BCUT2D eigenvalue weighted by Crippen LogP contribution is 2.28. The molecule has 3 aliphatic rings. The van der Waals surface area contributed by atoms with Crippen molar-refractivity contribution < 1.29 is 9.53 Å². The summed E-state index contributed by atoms with van der Waals surface area (Å²) >= 11 is 1.92. The fraction of sp³-hybridized carbons (Fsp3) is 0.941. The zero-order chi connectivity index (χ0) is 15.4. The number of ether oxygens (including phenoxy) is 1. The van der Waals surface area contributed by atoms with Gasteiger partial charge in [0.15, 0.2) is 0 Å². The van der Waals surface area contributed by atoms with Gasteiger partial charge in [0.25, 0.3) is 0 Å². The van der Waals surface area contributed by atoms with Crippen LogP contribution in [0.4, 0.5) is 0 Å². The van der Waals surface area contributed by atoms with Crippen molar-refractivity contribution in [1.29, 1.82) is 0 Å². The van der Waals surface area contributed by atoms with E-state index in [-0.39, 0.29) is 5.91 Å². The van der Waals surface area contributed by atoms with Crippen molar-refractivity contribution in [3.63, 3.8) is 0 Å². The largest absolute Gasteiger partial charge is 0.368 e. The second-order valence-corrected chi connectivity index (χ2v) is 8.03. The Balaban J connectivity index is 1.47. The van der Waals surface area contributed by atoms with E-state index in [1.54, 1.807) is 0 Å². The van der Waals surface area contributed by atoms with Gasteiger partial charge in [0.2, 0.25) is 5.91 Å². The van der Waals surface area contributed by atoms with Crippen LogP contribution in [-0.4, -0.2) is 72.1 Å². The molecule has 1 saturated carbocycles. The maximum absolute atomic E-state index is 12.5. The maximum atomic E-state index is 12.5. The van der Waals surface area contributed by atoms with E-state index >= 15 is 0 Å². The van der Waals surface area contributed by atoms with Gasteiger partial charge in [0, 0.05) is 24.4 Å². The Labute approximate surface area is 138 Å². The van der Waals surface area contributed by atoms with E-state index in [1.807, 2.05) is 16.7 Å². The van der Waals surface area contributed by atoms with Crippen LogP contribution in [0.25, 0.3) is 0 Å². The Morgan fingerprint density at radius 2 is 1.82 bits per heavy atom. The van der Waals surface area contributed by atoms with Crippen molar-refractivity contribution in [2.75, 3.05) is 39.0 Å². The Kier molecular flexibility index (Phi) is 6.05. The molecule has 0 bridgehead atoms. The number of nitrogens with zero attached hydrogens (tertiary/aromatic N) is 2. The quantitative estimate of drug-likeness (QED) is 0.776. The second kappa shape index (κ2) is 8.02.